The molecule has 0 radical (unpaired) electrons. The standard InChI is InChI=1S/C20H22N2O4S/c1-27(24,25)21-18-9-10-22-19(18)12-14-5-4-7-15(11-14)17-8-3-2-6-16(17)13-26-20(22)23/h2-8,11,18-19,21H,9-10,12-13H2,1H3. The van der Waals surface area contributed by atoms with Gasteiger partial charge in [-0.05, 0) is 35.1 Å². The fourth-order valence-corrected chi connectivity index (χ4v) is 4.83. The molecule has 1 N–H and O–H groups in total. The third-order valence-electron chi connectivity index (χ3n) is 5.20. The molecule has 1 amide bonds. The van der Waals surface area contributed by atoms with Gasteiger partial charge in [-0.2, -0.15) is 0 Å². The lowest BCUT2D eigenvalue weighted by Crippen LogP contribution is -2.47. The minimum Gasteiger partial charge on any atom is -0.445 e. The van der Waals surface area contributed by atoms with Crippen LogP contribution >= 0.6 is 0 Å². The minimum absolute atomic E-state index is 0.187. The highest BCUT2D eigenvalue weighted by atomic mass is 32.2. The lowest BCUT2D eigenvalue weighted by Gasteiger charge is -2.27. The molecule has 1 saturated heterocycles. The normalized spacial score (nSPS) is 22.4. The summed E-state index contributed by atoms with van der Waals surface area (Å²) in [7, 11) is -3.36. The van der Waals surface area contributed by atoms with Crippen LogP contribution in [0.4, 0.5) is 4.79 Å². The van der Waals surface area contributed by atoms with Gasteiger partial charge in [-0.15, -0.1) is 0 Å². The first kappa shape index (κ1) is 18.0. The summed E-state index contributed by atoms with van der Waals surface area (Å²) in [6, 6.07) is 15.5. The lowest BCUT2D eigenvalue weighted by molar-refractivity contribution is 0.0907. The average molecular weight is 386 g/mol. The molecule has 0 saturated carbocycles. The number of sulfonamides is 1. The van der Waals surface area contributed by atoms with Gasteiger partial charge in [0.05, 0.1) is 12.3 Å². The van der Waals surface area contributed by atoms with Crippen molar-refractivity contribution in [3.8, 4) is 11.1 Å². The molecule has 2 unspecified atom stereocenters. The van der Waals surface area contributed by atoms with Crippen molar-refractivity contribution >= 4 is 16.1 Å². The maximum atomic E-state index is 12.7. The number of carbonyl (C=O) groups is 1. The van der Waals surface area contributed by atoms with Crippen molar-refractivity contribution in [2.45, 2.75) is 31.5 Å². The smallest absolute Gasteiger partial charge is 0.410 e. The van der Waals surface area contributed by atoms with E-state index in [9.17, 15) is 13.2 Å². The molecule has 2 aliphatic heterocycles. The largest absolute Gasteiger partial charge is 0.445 e. The van der Waals surface area contributed by atoms with Gasteiger partial charge in [0.2, 0.25) is 10.0 Å². The number of hydrogen-bond acceptors (Lipinski definition) is 4. The van der Waals surface area contributed by atoms with Gasteiger partial charge in [-0.3, -0.25) is 0 Å². The number of carbonyl (C=O) groups excluding carboxylic acids is 1. The van der Waals surface area contributed by atoms with Crippen LogP contribution in [0.3, 0.4) is 0 Å². The number of rotatable bonds is 2. The van der Waals surface area contributed by atoms with Gasteiger partial charge in [0.15, 0.2) is 0 Å². The van der Waals surface area contributed by atoms with Gasteiger partial charge in [-0.1, -0.05) is 48.5 Å². The molecule has 2 heterocycles. The third kappa shape index (κ3) is 3.84. The number of ether oxygens (including phenoxy) is 1. The van der Waals surface area contributed by atoms with Crippen molar-refractivity contribution in [3.05, 3.63) is 59.7 Å². The topological polar surface area (TPSA) is 75.7 Å². The number of fused-ring (bicyclic) bond motifs is 5. The third-order valence-corrected chi connectivity index (χ3v) is 5.93. The zero-order valence-electron chi connectivity index (χ0n) is 15.1. The fourth-order valence-electron chi connectivity index (χ4n) is 4.00. The van der Waals surface area contributed by atoms with Crippen LogP contribution in [0.1, 0.15) is 17.5 Å². The molecule has 6 nitrogen and oxygen atoms in total. The monoisotopic (exact) mass is 386 g/mol. The van der Waals surface area contributed by atoms with Gasteiger partial charge in [0, 0.05) is 12.6 Å². The SMILES string of the molecule is CS(=O)(=O)NC1CCN2C(=O)OCc3ccccc3-c3cccc(c3)CC12. The molecule has 2 aromatic rings. The molecule has 2 bridgehead atoms. The molecule has 2 aliphatic rings. The zero-order valence-corrected chi connectivity index (χ0v) is 15.9. The highest BCUT2D eigenvalue weighted by molar-refractivity contribution is 7.88. The summed E-state index contributed by atoms with van der Waals surface area (Å²) in [5, 5.41) is 0. The van der Waals surface area contributed by atoms with E-state index in [-0.39, 0.29) is 18.7 Å². The quantitative estimate of drug-likeness (QED) is 0.861. The number of nitrogens with zero attached hydrogens (tertiary/aromatic N) is 1. The highest BCUT2D eigenvalue weighted by Crippen LogP contribution is 2.30. The molecular weight excluding hydrogens is 364 g/mol. The fraction of sp³-hybridized carbons (Fsp3) is 0.350. The molecule has 0 spiro atoms. The molecule has 2 atom stereocenters. The maximum Gasteiger partial charge on any atom is 0.410 e. The van der Waals surface area contributed by atoms with Crippen molar-refractivity contribution in [2.75, 3.05) is 12.8 Å². The second-order valence-electron chi connectivity index (χ2n) is 7.16. The number of benzene rings is 2. The average Bonchev–Trinajstić information content (AvgIpc) is 3.00. The Balaban J connectivity index is 1.74. The Hall–Kier alpha value is -2.38. The molecule has 1 fully saturated rings. The first-order valence-electron chi connectivity index (χ1n) is 8.98. The predicted molar refractivity (Wildman–Crippen MR) is 103 cm³/mol. The number of cyclic esters (lactones) is 1. The van der Waals surface area contributed by atoms with E-state index in [0.29, 0.717) is 19.4 Å². The number of amides is 1. The Morgan fingerprint density at radius 1 is 1.15 bits per heavy atom. The summed E-state index contributed by atoms with van der Waals surface area (Å²) in [5.41, 5.74) is 4.12. The van der Waals surface area contributed by atoms with E-state index in [4.69, 9.17) is 4.74 Å². The van der Waals surface area contributed by atoms with Crippen LogP contribution in [0, 0.1) is 0 Å². The van der Waals surface area contributed by atoms with Crippen LogP contribution in [-0.4, -0.2) is 44.3 Å². The molecule has 7 heteroatoms. The Labute approximate surface area is 159 Å². The maximum absolute atomic E-state index is 12.7. The van der Waals surface area contributed by atoms with E-state index in [1.165, 1.54) is 0 Å². The van der Waals surface area contributed by atoms with E-state index in [0.717, 1.165) is 28.5 Å². The molecule has 142 valence electrons. The first-order valence-corrected chi connectivity index (χ1v) is 10.9. The van der Waals surface area contributed by atoms with Gasteiger partial charge < -0.3 is 9.64 Å². The van der Waals surface area contributed by atoms with Crippen molar-refractivity contribution in [2.24, 2.45) is 0 Å². The molecule has 27 heavy (non-hydrogen) atoms. The summed E-state index contributed by atoms with van der Waals surface area (Å²) >= 11 is 0. The molecule has 2 aromatic carbocycles. The van der Waals surface area contributed by atoms with Crippen molar-refractivity contribution in [1.29, 1.82) is 0 Å². The van der Waals surface area contributed by atoms with Crippen LogP contribution in [-0.2, 0) is 27.8 Å². The number of hydrogen-bond donors (Lipinski definition) is 1. The lowest BCUT2D eigenvalue weighted by atomic mass is 9.95. The van der Waals surface area contributed by atoms with Crippen LogP contribution in [0.15, 0.2) is 48.5 Å². The second kappa shape index (κ2) is 6.98. The van der Waals surface area contributed by atoms with E-state index in [1.807, 2.05) is 42.5 Å². The van der Waals surface area contributed by atoms with E-state index >= 15 is 0 Å². The van der Waals surface area contributed by atoms with Crippen molar-refractivity contribution in [1.82, 2.24) is 9.62 Å². The van der Waals surface area contributed by atoms with Crippen molar-refractivity contribution < 1.29 is 17.9 Å². The number of nitrogens with one attached hydrogen (secondary N) is 1. The van der Waals surface area contributed by atoms with E-state index < -0.39 is 16.1 Å². The van der Waals surface area contributed by atoms with Gasteiger partial charge in [-0.25, -0.2) is 17.9 Å². The Morgan fingerprint density at radius 3 is 2.78 bits per heavy atom. The molecule has 0 aliphatic carbocycles. The van der Waals surface area contributed by atoms with Crippen LogP contribution < -0.4 is 4.72 Å². The Morgan fingerprint density at radius 2 is 1.96 bits per heavy atom. The summed E-state index contributed by atoms with van der Waals surface area (Å²) in [6.45, 7) is 0.657. The first-order chi connectivity index (χ1) is 12.9. The van der Waals surface area contributed by atoms with Gasteiger partial charge in [0.1, 0.15) is 6.61 Å². The van der Waals surface area contributed by atoms with E-state index in [1.54, 1.807) is 4.90 Å². The van der Waals surface area contributed by atoms with Crippen LogP contribution in [0.2, 0.25) is 0 Å². The second-order valence-corrected chi connectivity index (χ2v) is 8.94. The molecular formula is C20H22N2O4S. The minimum atomic E-state index is -3.36. The van der Waals surface area contributed by atoms with E-state index in [2.05, 4.69) is 10.8 Å². The summed E-state index contributed by atoms with van der Waals surface area (Å²) in [6.07, 6.45) is 1.89. The highest BCUT2D eigenvalue weighted by Gasteiger charge is 2.39. The summed E-state index contributed by atoms with van der Waals surface area (Å²) in [4.78, 5) is 14.4. The Kier molecular flexibility index (Phi) is 4.65. The molecule has 0 aromatic heterocycles. The predicted octanol–water partition coefficient (Wildman–Crippen LogP) is 2.54. The van der Waals surface area contributed by atoms with Crippen molar-refractivity contribution in [3.63, 3.8) is 0 Å². The zero-order chi connectivity index (χ0) is 19.0. The van der Waals surface area contributed by atoms with Gasteiger partial charge in [0.25, 0.3) is 0 Å². The summed E-state index contributed by atoms with van der Waals surface area (Å²) < 4.78 is 31.8. The van der Waals surface area contributed by atoms with Crippen LogP contribution in [0.25, 0.3) is 11.1 Å². The summed E-state index contributed by atoms with van der Waals surface area (Å²) in [5.74, 6) is 0. The van der Waals surface area contributed by atoms with Gasteiger partial charge >= 0.3 is 6.09 Å². The Bertz CT molecular complexity index is 973. The molecule has 4 rings (SSSR count). The van der Waals surface area contributed by atoms with Crippen LogP contribution in [0.5, 0.6) is 0 Å².